The van der Waals surface area contributed by atoms with E-state index >= 15 is 0 Å². The second-order valence-electron chi connectivity index (χ2n) is 6.05. The molecule has 118 valence electrons. The van der Waals surface area contributed by atoms with Crippen molar-refractivity contribution in [2.24, 2.45) is 0 Å². The number of likely N-dealkylation sites (N-methyl/N-ethyl adjacent to an activating group) is 1. The van der Waals surface area contributed by atoms with Gasteiger partial charge >= 0.3 is 0 Å². The maximum absolute atomic E-state index is 13.1. The fourth-order valence-corrected chi connectivity index (χ4v) is 5.53. The van der Waals surface area contributed by atoms with Gasteiger partial charge in [-0.25, -0.2) is 8.42 Å². The zero-order valence-electron chi connectivity index (χ0n) is 13.4. The molecular weight excluding hydrogens is 284 g/mol. The van der Waals surface area contributed by atoms with Crippen LogP contribution in [0.5, 0.6) is 0 Å². The van der Waals surface area contributed by atoms with Gasteiger partial charge in [0.05, 0.1) is 4.90 Å². The lowest BCUT2D eigenvalue weighted by atomic mass is 10.1. The Hall–Kier alpha value is -0.910. The van der Waals surface area contributed by atoms with Crippen LogP contribution >= 0.6 is 0 Å². The van der Waals surface area contributed by atoms with E-state index in [1.54, 1.807) is 4.31 Å². The molecular formula is C16H26N2O2S. The first-order chi connectivity index (χ1) is 9.87. The van der Waals surface area contributed by atoms with E-state index in [9.17, 15) is 8.42 Å². The Morgan fingerprint density at radius 1 is 1.19 bits per heavy atom. The quantitative estimate of drug-likeness (QED) is 0.929. The van der Waals surface area contributed by atoms with E-state index in [1.165, 1.54) is 0 Å². The summed E-state index contributed by atoms with van der Waals surface area (Å²) < 4.78 is 28.0. The molecule has 1 N–H and O–H groups in total. The third kappa shape index (κ3) is 3.30. The molecule has 1 atom stereocenters. The molecule has 1 aromatic rings. The van der Waals surface area contributed by atoms with Gasteiger partial charge in [-0.2, -0.15) is 4.31 Å². The van der Waals surface area contributed by atoms with E-state index in [0.29, 0.717) is 18.0 Å². The molecule has 1 saturated heterocycles. The van der Waals surface area contributed by atoms with Crippen LogP contribution in [0.25, 0.3) is 0 Å². The van der Waals surface area contributed by atoms with Crippen molar-refractivity contribution in [1.82, 2.24) is 9.62 Å². The topological polar surface area (TPSA) is 49.4 Å². The van der Waals surface area contributed by atoms with Crippen LogP contribution in [0.2, 0.25) is 0 Å². The average molecular weight is 310 g/mol. The molecule has 0 aliphatic carbocycles. The fourth-order valence-electron chi connectivity index (χ4n) is 3.42. The molecule has 5 heteroatoms. The van der Waals surface area contributed by atoms with Gasteiger partial charge in [-0.3, -0.25) is 0 Å². The molecule has 0 amide bonds. The van der Waals surface area contributed by atoms with E-state index in [1.807, 2.05) is 40.0 Å². The SMILES string of the molecule is CNCC1CCCCN1S(=O)(=O)c1c(C)cc(C)cc1C. The van der Waals surface area contributed by atoms with Crippen LogP contribution in [0.15, 0.2) is 17.0 Å². The van der Waals surface area contributed by atoms with Crippen LogP contribution in [0.1, 0.15) is 36.0 Å². The van der Waals surface area contributed by atoms with Crippen molar-refractivity contribution in [1.29, 1.82) is 0 Å². The van der Waals surface area contributed by atoms with Crippen LogP contribution in [-0.4, -0.2) is 38.9 Å². The zero-order valence-corrected chi connectivity index (χ0v) is 14.3. The normalized spacial score (nSPS) is 20.7. The molecule has 2 rings (SSSR count). The molecule has 1 fully saturated rings. The minimum Gasteiger partial charge on any atom is -0.318 e. The van der Waals surface area contributed by atoms with Crippen LogP contribution < -0.4 is 5.32 Å². The van der Waals surface area contributed by atoms with Crippen molar-refractivity contribution in [3.05, 3.63) is 28.8 Å². The highest BCUT2D eigenvalue weighted by atomic mass is 32.2. The van der Waals surface area contributed by atoms with Gasteiger partial charge in [-0.1, -0.05) is 24.1 Å². The standard InChI is InChI=1S/C16H26N2O2S/c1-12-9-13(2)16(14(3)10-12)21(19,20)18-8-6-5-7-15(18)11-17-4/h9-10,15,17H,5-8,11H2,1-4H3. The summed E-state index contributed by atoms with van der Waals surface area (Å²) in [6, 6.07) is 3.97. The van der Waals surface area contributed by atoms with Crippen molar-refractivity contribution in [2.75, 3.05) is 20.1 Å². The summed E-state index contributed by atoms with van der Waals surface area (Å²) in [5, 5.41) is 3.12. The molecule has 1 heterocycles. The fraction of sp³-hybridized carbons (Fsp3) is 0.625. The molecule has 0 saturated carbocycles. The van der Waals surface area contributed by atoms with E-state index in [0.717, 1.165) is 36.0 Å². The number of hydrogen-bond donors (Lipinski definition) is 1. The van der Waals surface area contributed by atoms with Gasteiger partial charge in [0.1, 0.15) is 0 Å². The molecule has 1 aromatic carbocycles. The Morgan fingerprint density at radius 3 is 2.38 bits per heavy atom. The Morgan fingerprint density at radius 2 is 1.81 bits per heavy atom. The van der Waals surface area contributed by atoms with Gasteiger partial charge in [0.2, 0.25) is 10.0 Å². The Balaban J connectivity index is 2.45. The highest BCUT2D eigenvalue weighted by Crippen LogP contribution is 2.29. The molecule has 1 unspecified atom stereocenters. The first kappa shape index (κ1) is 16.5. The number of rotatable bonds is 4. The molecule has 0 aromatic heterocycles. The number of nitrogens with one attached hydrogen (secondary N) is 1. The smallest absolute Gasteiger partial charge is 0.243 e. The minimum atomic E-state index is -3.42. The maximum Gasteiger partial charge on any atom is 0.243 e. The summed E-state index contributed by atoms with van der Waals surface area (Å²) >= 11 is 0. The second kappa shape index (κ2) is 6.46. The lowest BCUT2D eigenvalue weighted by Crippen LogP contribution is -2.48. The number of sulfonamides is 1. The van der Waals surface area contributed by atoms with E-state index in [-0.39, 0.29) is 6.04 Å². The summed E-state index contributed by atoms with van der Waals surface area (Å²) in [4.78, 5) is 0.496. The molecule has 0 spiro atoms. The molecule has 21 heavy (non-hydrogen) atoms. The summed E-state index contributed by atoms with van der Waals surface area (Å²) in [7, 11) is -1.54. The van der Waals surface area contributed by atoms with Crippen LogP contribution in [-0.2, 0) is 10.0 Å². The highest BCUT2D eigenvalue weighted by molar-refractivity contribution is 7.89. The van der Waals surface area contributed by atoms with E-state index in [4.69, 9.17) is 0 Å². The third-order valence-electron chi connectivity index (χ3n) is 4.18. The number of nitrogens with zero attached hydrogens (tertiary/aromatic N) is 1. The van der Waals surface area contributed by atoms with Crippen LogP contribution in [0, 0.1) is 20.8 Å². The third-order valence-corrected chi connectivity index (χ3v) is 6.44. The summed E-state index contributed by atoms with van der Waals surface area (Å²) in [6.45, 7) is 7.12. The van der Waals surface area contributed by atoms with Crippen molar-refractivity contribution in [3.63, 3.8) is 0 Å². The van der Waals surface area contributed by atoms with Crippen molar-refractivity contribution < 1.29 is 8.42 Å². The summed E-state index contributed by atoms with van der Waals surface area (Å²) in [5.41, 5.74) is 2.80. The second-order valence-corrected chi connectivity index (χ2v) is 7.88. The predicted octanol–water partition coefficient (Wildman–Crippen LogP) is 2.37. The Kier molecular flexibility index (Phi) is 5.07. The predicted molar refractivity (Wildman–Crippen MR) is 86.1 cm³/mol. The highest BCUT2D eigenvalue weighted by Gasteiger charge is 2.34. The summed E-state index contributed by atoms with van der Waals surface area (Å²) in [5.74, 6) is 0. The first-order valence-corrected chi connectivity index (χ1v) is 9.06. The average Bonchev–Trinajstić information content (AvgIpc) is 2.37. The van der Waals surface area contributed by atoms with Crippen LogP contribution in [0.4, 0.5) is 0 Å². The van der Waals surface area contributed by atoms with Crippen molar-refractivity contribution in [3.8, 4) is 0 Å². The van der Waals surface area contributed by atoms with Crippen molar-refractivity contribution >= 4 is 10.0 Å². The van der Waals surface area contributed by atoms with Crippen molar-refractivity contribution in [2.45, 2.75) is 51.0 Å². The van der Waals surface area contributed by atoms with Gasteiger partial charge in [-0.15, -0.1) is 0 Å². The maximum atomic E-state index is 13.1. The monoisotopic (exact) mass is 310 g/mol. The molecule has 0 bridgehead atoms. The first-order valence-electron chi connectivity index (χ1n) is 7.62. The van der Waals surface area contributed by atoms with Gasteiger partial charge in [0.25, 0.3) is 0 Å². The van der Waals surface area contributed by atoms with Gasteiger partial charge < -0.3 is 5.32 Å². The Bertz CT molecular complexity index is 586. The van der Waals surface area contributed by atoms with Gasteiger partial charge in [0, 0.05) is 19.1 Å². The molecule has 1 aliphatic heterocycles. The summed E-state index contributed by atoms with van der Waals surface area (Å²) in [6.07, 6.45) is 2.98. The number of piperidine rings is 1. The molecule has 0 radical (unpaired) electrons. The largest absolute Gasteiger partial charge is 0.318 e. The molecule has 1 aliphatic rings. The lowest BCUT2D eigenvalue weighted by Gasteiger charge is -2.35. The van der Waals surface area contributed by atoms with Crippen LogP contribution in [0.3, 0.4) is 0 Å². The van der Waals surface area contributed by atoms with E-state index < -0.39 is 10.0 Å². The van der Waals surface area contributed by atoms with E-state index in [2.05, 4.69) is 5.32 Å². The number of hydrogen-bond acceptors (Lipinski definition) is 3. The minimum absolute atomic E-state index is 0.0638. The zero-order chi connectivity index (χ0) is 15.6. The van der Waals surface area contributed by atoms with Gasteiger partial charge in [0.15, 0.2) is 0 Å². The molecule has 4 nitrogen and oxygen atoms in total. The Labute approximate surface area is 128 Å². The lowest BCUT2D eigenvalue weighted by molar-refractivity contribution is 0.249. The number of benzene rings is 1. The number of aryl methyl sites for hydroxylation is 3. The van der Waals surface area contributed by atoms with Gasteiger partial charge in [-0.05, 0) is 51.8 Å².